The van der Waals surface area contributed by atoms with Crippen LogP contribution in [0, 0.1) is 12.8 Å². The van der Waals surface area contributed by atoms with Crippen molar-refractivity contribution in [2.24, 2.45) is 5.92 Å². The van der Waals surface area contributed by atoms with Crippen LogP contribution in [0.3, 0.4) is 0 Å². The Kier molecular flexibility index (Phi) is 6.09. The van der Waals surface area contributed by atoms with Crippen LogP contribution in [0.1, 0.15) is 24.5 Å². The Morgan fingerprint density at radius 1 is 1.41 bits per heavy atom. The smallest absolute Gasteiger partial charge is 0.222 e. The highest BCUT2D eigenvalue weighted by Gasteiger charge is 2.19. The molecule has 1 amide bonds. The molecule has 1 saturated heterocycles. The summed E-state index contributed by atoms with van der Waals surface area (Å²) in [6.07, 6.45) is 1.36. The lowest BCUT2D eigenvalue weighted by molar-refractivity contribution is -0.132. The number of halogens is 1. The summed E-state index contributed by atoms with van der Waals surface area (Å²) in [5.74, 6) is 1.35. The lowest BCUT2D eigenvalue weighted by Crippen LogP contribution is -2.46. The number of hydrogen-bond donors (Lipinski definition) is 1. The number of amides is 1. The number of ether oxygens (including phenoxy) is 1. The van der Waals surface area contributed by atoms with Gasteiger partial charge in [-0.3, -0.25) is 4.79 Å². The zero-order valence-corrected chi connectivity index (χ0v) is 14.4. The number of nitrogens with zero attached hydrogens (tertiary/aromatic N) is 1. The molecule has 1 fully saturated rings. The zero-order chi connectivity index (χ0) is 16.1. The van der Waals surface area contributed by atoms with Gasteiger partial charge in [-0.2, -0.15) is 0 Å². The van der Waals surface area contributed by atoms with Crippen molar-refractivity contribution < 1.29 is 9.53 Å². The summed E-state index contributed by atoms with van der Waals surface area (Å²) in [7, 11) is 1.67. The number of hydrogen-bond acceptors (Lipinski definition) is 3. The molecular weight excluding hydrogens is 300 g/mol. The summed E-state index contributed by atoms with van der Waals surface area (Å²) in [5.41, 5.74) is 2.07. The molecule has 22 heavy (non-hydrogen) atoms. The number of rotatable bonds is 5. The van der Waals surface area contributed by atoms with E-state index in [9.17, 15) is 4.79 Å². The van der Waals surface area contributed by atoms with Crippen molar-refractivity contribution in [3.8, 4) is 5.75 Å². The van der Waals surface area contributed by atoms with Crippen LogP contribution in [0.4, 0.5) is 0 Å². The van der Waals surface area contributed by atoms with Crippen LogP contribution >= 0.6 is 11.6 Å². The van der Waals surface area contributed by atoms with Crippen LogP contribution in [-0.4, -0.2) is 44.1 Å². The maximum absolute atomic E-state index is 12.3. The van der Waals surface area contributed by atoms with Gasteiger partial charge in [0, 0.05) is 37.6 Å². The third kappa shape index (κ3) is 4.37. The van der Waals surface area contributed by atoms with Crippen molar-refractivity contribution in [3.05, 3.63) is 28.3 Å². The molecule has 2 rings (SSSR count). The largest absolute Gasteiger partial charge is 0.496 e. The standard InChI is InChI=1S/C17H25ClN2O2/c1-12(9-17(21)20-6-4-19-5-7-20)8-14-11-15(18)13(2)10-16(14)22-3/h10-12,19H,4-9H2,1-3H3. The van der Waals surface area contributed by atoms with Crippen molar-refractivity contribution in [2.45, 2.75) is 26.7 Å². The first-order valence-corrected chi connectivity index (χ1v) is 8.20. The van der Waals surface area contributed by atoms with Crippen molar-refractivity contribution in [3.63, 3.8) is 0 Å². The molecule has 1 atom stereocenters. The molecule has 1 N–H and O–H groups in total. The summed E-state index contributed by atoms with van der Waals surface area (Å²) in [6.45, 7) is 7.47. The van der Waals surface area contributed by atoms with Gasteiger partial charge in [0.15, 0.2) is 0 Å². The number of methoxy groups -OCH3 is 1. The topological polar surface area (TPSA) is 41.6 Å². The molecular formula is C17H25ClN2O2. The van der Waals surface area contributed by atoms with Crippen LogP contribution in [0.5, 0.6) is 5.75 Å². The molecule has 0 aromatic heterocycles. The lowest BCUT2D eigenvalue weighted by Gasteiger charge is -2.28. The molecule has 1 unspecified atom stereocenters. The fourth-order valence-corrected chi connectivity index (χ4v) is 3.02. The van der Waals surface area contributed by atoms with E-state index in [0.717, 1.165) is 54.5 Å². The van der Waals surface area contributed by atoms with E-state index in [-0.39, 0.29) is 11.8 Å². The minimum atomic E-state index is 0.242. The van der Waals surface area contributed by atoms with Crippen LogP contribution < -0.4 is 10.1 Å². The highest BCUT2D eigenvalue weighted by atomic mass is 35.5. The Morgan fingerprint density at radius 2 is 2.09 bits per heavy atom. The molecule has 1 aromatic rings. The molecule has 122 valence electrons. The fourth-order valence-electron chi connectivity index (χ4n) is 2.83. The van der Waals surface area contributed by atoms with Gasteiger partial charge in [0.2, 0.25) is 5.91 Å². The van der Waals surface area contributed by atoms with Gasteiger partial charge in [-0.1, -0.05) is 18.5 Å². The molecule has 0 spiro atoms. The van der Waals surface area contributed by atoms with Crippen LogP contribution in [-0.2, 0) is 11.2 Å². The van der Waals surface area contributed by atoms with E-state index in [4.69, 9.17) is 16.3 Å². The first kappa shape index (κ1) is 17.1. The predicted molar refractivity (Wildman–Crippen MR) is 89.7 cm³/mol. The van der Waals surface area contributed by atoms with E-state index < -0.39 is 0 Å². The Hall–Kier alpha value is -1.26. The van der Waals surface area contributed by atoms with E-state index in [1.165, 1.54) is 0 Å². The third-order valence-electron chi connectivity index (χ3n) is 4.12. The molecule has 1 heterocycles. The highest BCUT2D eigenvalue weighted by molar-refractivity contribution is 6.31. The lowest BCUT2D eigenvalue weighted by atomic mass is 9.96. The number of carbonyl (C=O) groups excluding carboxylic acids is 1. The van der Waals surface area contributed by atoms with Crippen molar-refractivity contribution in [1.29, 1.82) is 0 Å². The quantitative estimate of drug-likeness (QED) is 0.905. The number of benzene rings is 1. The molecule has 0 radical (unpaired) electrons. The van der Waals surface area contributed by atoms with Gasteiger partial charge in [-0.05, 0) is 42.5 Å². The van der Waals surface area contributed by atoms with Gasteiger partial charge in [-0.15, -0.1) is 0 Å². The summed E-state index contributed by atoms with van der Waals surface area (Å²) in [6, 6.07) is 3.92. The molecule has 4 nitrogen and oxygen atoms in total. The first-order chi connectivity index (χ1) is 10.5. The van der Waals surface area contributed by atoms with Gasteiger partial charge in [0.05, 0.1) is 7.11 Å². The molecule has 1 aliphatic rings. The molecule has 0 saturated carbocycles. The molecule has 5 heteroatoms. The minimum Gasteiger partial charge on any atom is -0.496 e. The number of carbonyl (C=O) groups is 1. The van der Waals surface area contributed by atoms with Crippen molar-refractivity contribution in [1.82, 2.24) is 10.2 Å². The Balaban J connectivity index is 1.98. The Morgan fingerprint density at radius 3 is 2.73 bits per heavy atom. The second-order valence-electron chi connectivity index (χ2n) is 6.06. The second-order valence-corrected chi connectivity index (χ2v) is 6.46. The maximum atomic E-state index is 12.3. The van der Waals surface area contributed by atoms with Gasteiger partial charge in [0.25, 0.3) is 0 Å². The van der Waals surface area contributed by atoms with E-state index >= 15 is 0 Å². The van der Waals surface area contributed by atoms with Crippen LogP contribution in [0.15, 0.2) is 12.1 Å². The van der Waals surface area contributed by atoms with Gasteiger partial charge in [0.1, 0.15) is 5.75 Å². The van der Waals surface area contributed by atoms with E-state index in [0.29, 0.717) is 6.42 Å². The van der Waals surface area contributed by atoms with E-state index in [1.54, 1.807) is 7.11 Å². The average Bonchev–Trinajstić information content (AvgIpc) is 2.51. The average molecular weight is 325 g/mol. The van der Waals surface area contributed by atoms with Gasteiger partial charge >= 0.3 is 0 Å². The zero-order valence-electron chi connectivity index (χ0n) is 13.6. The molecule has 0 aliphatic carbocycles. The summed E-state index contributed by atoms with van der Waals surface area (Å²) < 4.78 is 5.44. The third-order valence-corrected chi connectivity index (χ3v) is 4.53. The van der Waals surface area contributed by atoms with Gasteiger partial charge in [-0.25, -0.2) is 0 Å². The maximum Gasteiger partial charge on any atom is 0.222 e. The SMILES string of the molecule is COc1cc(C)c(Cl)cc1CC(C)CC(=O)N1CCNCC1. The Labute approximate surface area is 137 Å². The second kappa shape index (κ2) is 7.84. The van der Waals surface area contributed by atoms with E-state index in [1.807, 2.05) is 24.0 Å². The van der Waals surface area contributed by atoms with E-state index in [2.05, 4.69) is 12.2 Å². The Bertz CT molecular complexity index is 528. The van der Waals surface area contributed by atoms with Crippen molar-refractivity contribution >= 4 is 17.5 Å². The molecule has 1 aliphatic heterocycles. The molecule has 0 bridgehead atoms. The highest BCUT2D eigenvalue weighted by Crippen LogP contribution is 2.29. The monoisotopic (exact) mass is 324 g/mol. The number of piperazine rings is 1. The van der Waals surface area contributed by atoms with Crippen LogP contribution in [0.25, 0.3) is 0 Å². The minimum absolute atomic E-state index is 0.242. The number of nitrogens with one attached hydrogen (secondary N) is 1. The van der Waals surface area contributed by atoms with Crippen molar-refractivity contribution in [2.75, 3.05) is 33.3 Å². The summed E-state index contributed by atoms with van der Waals surface area (Å²) in [5, 5.41) is 4.01. The summed E-state index contributed by atoms with van der Waals surface area (Å²) >= 11 is 6.22. The molecule has 1 aromatic carbocycles. The normalized spacial score (nSPS) is 16.5. The van der Waals surface area contributed by atoms with Gasteiger partial charge < -0.3 is 15.0 Å². The summed E-state index contributed by atoms with van der Waals surface area (Å²) in [4.78, 5) is 14.3. The predicted octanol–water partition coefficient (Wildman–Crippen LogP) is 2.66. The van der Waals surface area contributed by atoms with Crippen LogP contribution in [0.2, 0.25) is 5.02 Å². The fraction of sp³-hybridized carbons (Fsp3) is 0.588. The number of aryl methyl sites for hydroxylation is 1. The first-order valence-electron chi connectivity index (χ1n) is 7.82.